The van der Waals surface area contributed by atoms with Crippen molar-refractivity contribution in [3.8, 4) is 0 Å². The van der Waals surface area contributed by atoms with Gasteiger partial charge >= 0.3 is 0 Å². The zero-order chi connectivity index (χ0) is 13.0. The molecule has 0 atom stereocenters. The maximum atomic E-state index is 5.66. The molecule has 1 aromatic heterocycles. The van der Waals surface area contributed by atoms with E-state index in [-0.39, 0.29) is 0 Å². The Kier molecular flexibility index (Phi) is 5.04. The standard InChI is InChI=1S/C14H23ClN2O/c1-10(2)11-5-7-12(8-6-11)14-16-13(18-17-14)4-3-9-15/h10-12H,3-9H2,1-2H3. The Bertz CT molecular complexity index is 356. The van der Waals surface area contributed by atoms with Crippen LogP contribution < -0.4 is 0 Å². The fourth-order valence-corrected chi connectivity index (χ4v) is 2.93. The quantitative estimate of drug-likeness (QED) is 0.754. The molecule has 3 nitrogen and oxygen atoms in total. The fourth-order valence-electron chi connectivity index (χ4n) is 2.80. The van der Waals surface area contributed by atoms with Crippen LogP contribution in [0.15, 0.2) is 4.52 Å². The summed E-state index contributed by atoms with van der Waals surface area (Å²) in [5.41, 5.74) is 0. The van der Waals surface area contributed by atoms with Gasteiger partial charge in [-0.05, 0) is 43.9 Å². The van der Waals surface area contributed by atoms with Crippen LogP contribution >= 0.6 is 11.6 Å². The zero-order valence-corrected chi connectivity index (χ0v) is 12.1. The van der Waals surface area contributed by atoms with Gasteiger partial charge in [0, 0.05) is 18.2 Å². The topological polar surface area (TPSA) is 38.9 Å². The second-order valence-corrected chi connectivity index (χ2v) is 6.07. The van der Waals surface area contributed by atoms with E-state index in [1.54, 1.807) is 0 Å². The molecular formula is C14H23ClN2O. The molecule has 1 fully saturated rings. The van der Waals surface area contributed by atoms with Crippen molar-refractivity contribution in [2.45, 2.75) is 58.3 Å². The highest BCUT2D eigenvalue weighted by atomic mass is 35.5. The van der Waals surface area contributed by atoms with E-state index in [1.807, 2.05) is 0 Å². The fraction of sp³-hybridized carbons (Fsp3) is 0.857. The highest BCUT2D eigenvalue weighted by molar-refractivity contribution is 6.17. The molecule has 0 aliphatic heterocycles. The molecule has 1 aromatic rings. The summed E-state index contributed by atoms with van der Waals surface area (Å²) in [6, 6.07) is 0. The van der Waals surface area contributed by atoms with E-state index in [1.165, 1.54) is 25.7 Å². The molecule has 18 heavy (non-hydrogen) atoms. The van der Waals surface area contributed by atoms with Crippen LogP contribution in [-0.4, -0.2) is 16.0 Å². The van der Waals surface area contributed by atoms with E-state index in [0.717, 1.165) is 36.4 Å². The maximum Gasteiger partial charge on any atom is 0.226 e. The molecule has 1 heterocycles. The van der Waals surface area contributed by atoms with Crippen LogP contribution in [0, 0.1) is 11.8 Å². The van der Waals surface area contributed by atoms with Crippen LogP contribution in [0.4, 0.5) is 0 Å². The van der Waals surface area contributed by atoms with Crippen LogP contribution in [0.2, 0.25) is 0 Å². The molecule has 0 spiro atoms. The van der Waals surface area contributed by atoms with Gasteiger partial charge in [0.05, 0.1) is 0 Å². The number of halogens is 1. The lowest BCUT2D eigenvalue weighted by molar-refractivity contribution is 0.251. The summed E-state index contributed by atoms with van der Waals surface area (Å²) >= 11 is 5.66. The summed E-state index contributed by atoms with van der Waals surface area (Å²) in [6.45, 7) is 4.65. The van der Waals surface area contributed by atoms with Crippen molar-refractivity contribution in [2.24, 2.45) is 11.8 Å². The number of hydrogen-bond acceptors (Lipinski definition) is 3. The van der Waals surface area contributed by atoms with Crippen LogP contribution in [0.3, 0.4) is 0 Å². The average molecular weight is 271 g/mol. The minimum absolute atomic E-state index is 0.508. The van der Waals surface area contributed by atoms with Crippen molar-refractivity contribution in [1.29, 1.82) is 0 Å². The Morgan fingerprint density at radius 1 is 1.28 bits per heavy atom. The predicted octanol–water partition coefficient (Wildman–Crippen LogP) is 4.17. The predicted molar refractivity (Wildman–Crippen MR) is 72.9 cm³/mol. The van der Waals surface area contributed by atoms with E-state index in [0.29, 0.717) is 11.8 Å². The van der Waals surface area contributed by atoms with Crippen molar-refractivity contribution < 1.29 is 4.52 Å². The molecule has 0 aromatic carbocycles. The van der Waals surface area contributed by atoms with E-state index in [2.05, 4.69) is 24.0 Å². The summed E-state index contributed by atoms with van der Waals surface area (Å²) in [5, 5.41) is 4.13. The summed E-state index contributed by atoms with van der Waals surface area (Å²) in [7, 11) is 0. The minimum Gasteiger partial charge on any atom is -0.339 e. The second kappa shape index (κ2) is 6.55. The molecule has 102 valence electrons. The molecular weight excluding hydrogens is 248 g/mol. The lowest BCUT2D eigenvalue weighted by Gasteiger charge is -2.29. The summed E-state index contributed by atoms with van der Waals surface area (Å²) in [5.74, 6) is 4.50. The molecule has 0 unspecified atom stereocenters. The Morgan fingerprint density at radius 2 is 2.00 bits per heavy atom. The van der Waals surface area contributed by atoms with Gasteiger partial charge < -0.3 is 4.52 Å². The van der Waals surface area contributed by atoms with Crippen LogP contribution in [0.1, 0.15) is 63.6 Å². The molecule has 0 bridgehead atoms. The summed E-state index contributed by atoms with van der Waals surface area (Å²) in [6.07, 6.45) is 6.72. The van der Waals surface area contributed by atoms with Crippen LogP contribution in [0.25, 0.3) is 0 Å². The number of hydrogen-bond donors (Lipinski definition) is 0. The first-order valence-corrected chi connectivity index (χ1v) is 7.62. The monoisotopic (exact) mass is 270 g/mol. The Balaban J connectivity index is 1.87. The lowest BCUT2D eigenvalue weighted by Crippen LogP contribution is -2.18. The molecule has 1 saturated carbocycles. The van der Waals surface area contributed by atoms with Gasteiger partial charge in [0.1, 0.15) is 0 Å². The molecule has 0 N–H and O–H groups in total. The van der Waals surface area contributed by atoms with Gasteiger partial charge in [-0.1, -0.05) is 19.0 Å². The largest absolute Gasteiger partial charge is 0.339 e. The first-order valence-electron chi connectivity index (χ1n) is 7.09. The van der Waals surface area contributed by atoms with Gasteiger partial charge in [-0.3, -0.25) is 0 Å². The molecule has 0 radical (unpaired) electrons. The SMILES string of the molecule is CC(C)C1CCC(c2noc(CCCCl)n2)CC1. The highest BCUT2D eigenvalue weighted by Crippen LogP contribution is 2.37. The number of rotatable bonds is 5. The minimum atomic E-state index is 0.508. The molecule has 1 aliphatic rings. The average Bonchev–Trinajstić information content (AvgIpc) is 2.85. The van der Waals surface area contributed by atoms with Gasteiger partial charge in [0.25, 0.3) is 0 Å². The van der Waals surface area contributed by atoms with Crippen LogP contribution in [-0.2, 0) is 6.42 Å². The number of aromatic nitrogens is 2. The van der Waals surface area contributed by atoms with Crippen molar-refractivity contribution >= 4 is 11.6 Å². The van der Waals surface area contributed by atoms with Crippen LogP contribution in [0.5, 0.6) is 0 Å². The van der Waals surface area contributed by atoms with Crippen molar-refractivity contribution in [2.75, 3.05) is 5.88 Å². The molecule has 2 rings (SSSR count). The van der Waals surface area contributed by atoms with E-state index < -0.39 is 0 Å². The number of nitrogens with zero attached hydrogens (tertiary/aromatic N) is 2. The number of alkyl halides is 1. The Hall–Kier alpha value is -0.570. The normalized spacial score (nSPS) is 24.7. The lowest BCUT2D eigenvalue weighted by atomic mass is 9.77. The first kappa shape index (κ1) is 13.9. The van der Waals surface area contributed by atoms with E-state index in [9.17, 15) is 0 Å². The van der Waals surface area contributed by atoms with Crippen molar-refractivity contribution in [3.63, 3.8) is 0 Å². The van der Waals surface area contributed by atoms with Gasteiger partial charge in [0.15, 0.2) is 5.82 Å². The van der Waals surface area contributed by atoms with Gasteiger partial charge in [0.2, 0.25) is 5.89 Å². The highest BCUT2D eigenvalue weighted by Gasteiger charge is 2.27. The Morgan fingerprint density at radius 3 is 2.61 bits per heavy atom. The Labute approximate surface area is 114 Å². The van der Waals surface area contributed by atoms with Gasteiger partial charge in [-0.25, -0.2) is 0 Å². The summed E-state index contributed by atoms with van der Waals surface area (Å²) in [4.78, 5) is 4.50. The van der Waals surface area contributed by atoms with Crippen molar-refractivity contribution in [3.05, 3.63) is 11.7 Å². The molecule has 0 amide bonds. The van der Waals surface area contributed by atoms with Gasteiger partial charge in [-0.2, -0.15) is 4.98 Å². The zero-order valence-electron chi connectivity index (χ0n) is 11.4. The van der Waals surface area contributed by atoms with Gasteiger partial charge in [-0.15, -0.1) is 11.6 Å². The molecule has 4 heteroatoms. The third-order valence-electron chi connectivity index (χ3n) is 4.09. The summed E-state index contributed by atoms with van der Waals surface area (Å²) < 4.78 is 5.27. The van der Waals surface area contributed by atoms with E-state index in [4.69, 9.17) is 16.1 Å². The smallest absolute Gasteiger partial charge is 0.226 e. The third-order valence-corrected chi connectivity index (χ3v) is 4.36. The van der Waals surface area contributed by atoms with E-state index >= 15 is 0 Å². The maximum absolute atomic E-state index is 5.66. The molecule has 0 saturated heterocycles. The third kappa shape index (κ3) is 3.47. The van der Waals surface area contributed by atoms with Crippen molar-refractivity contribution in [1.82, 2.24) is 10.1 Å². The second-order valence-electron chi connectivity index (χ2n) is 5.69. The number of aryl methyl sites for hydroxylation is 1. The molecule has 1 aliphatic carbocycles. The first-order chi connectivity index (χ1) is 8.70.